The second-order valence-corrected chi connectivity index (χ2v) is 24.6. The number of benzene rings is 5. The Morgan fingerprint density at radius 1 is 0.761 bits per heavy atom. The minimum Gasteiger partial charge on any atom is -0.497 e. The maximum atomic E-state index is 18.9. The largest absolute Gasteiger partial charge is 0.497 e. The van der Waals surface area contributed by atoms with Gasteiger partial charge in [-0.1, -0.05) is 66.2 Å². The van der Waals surface area contributed by atoms with Crippen molar-refractivity contribution in [3.05, 3.63) is 171 Å². The molecule has 3 aromatic heterocycles. The number of ether oxygens (including phenoxy) is 6. The number of rotatable bonds is 21. The second kappa shape index (κ2) is 25.9. The predicted octanol–water partition coefficient (Wildman–Crippen LogP) is 11.8. The van der Waals surface area contributed by atoms with E-state index in [1.807, 2.05) is 107 Å². The molecule has 2 saturated heterocycles. The minimum atomic E-state index is -5.06. The number of nitrogens with zero attached hydrogens (tertiary/aromatic N) is 9. The standard InChI is InChI=1S/C65H68ClF4N9O8S/c1-40-33-53(76(36-43-14-24-49(84-5)25-15-43)37-44-16-26-50(85-6)27-17-44)72-59(56(40)65(68,69)70)54-57(66)61-55-60(58(54)67)73-64(87-39-46-19-18-45-38-77(88(7,80)81)29-30-78(45)46)74-63(55)79(31-32-86-61)52(34-41-10-20-47(82-3)21-11-41)51-9-8-28-71-62(51)75(2)35-42-12-22-48(83-4)23-13-42/h8-17,20-28,33,45-46,52H,18-19,29-32,34-39H2,1-7H3/t45-,46-,52-/m1/s1. The fourth-order valence-corrected chi connectivity index (χ4v) is 13.4. The third-order valence-electron chi connectivity index (χ3n) is 16.7. The molecule has 0 amide bonds. The van der Waals surface area contributed by atoms with Crippen LogP contribution in [0.1, 0.15) is 57.8 Å². The summed E-state index contributed by atoms with van der Waals surface area (Å²) in [6, 6.07) is 34.0. The van der Waals surface area contributed by atoms with E-state index in [0.717, 1.165) is 27.8 Å². The third kappa shape index (κ3) is 13.0. The second-order valence-electron chi connectivity index (χ2n) is 22.2. The highest BCUT2D eigenvalue weighted by atomic mass is 35.5. The monoisotopic (exact) mass is 1250 g/mol. The van der Waals surface area contributed by atoms with Gasteiger partial charge in [0, 0.05) is 70.2 Å². The Hall–Kier alpha value is -8.18. The first-order chi connectivity index (χ1) is 42.3. The molecule has 462 valence electrons. The number of pyridine rings is 2. The molecule has 0 aliphatic carbocycles. The maximum absolute atomic E-state index is 18.9. The summed E-state index contributed by atoms with van der Waals surface area (Å²) >= 11 is 7.49. The van der Waals surface area contributed by atoms with Crippen molar-refractivity contribution in [1.29, 1.82) is 0 Å². The Morgan fingerprint density at radius 3 is 1.91 bits per heavy atom. The minimum absolute atomic E-state index is 0.00718. The zero-order chi connectivity index (χ0) is 62.0. The molecule has 2 fully saturated rings. The zero-order valence-corrected chi connectivity index (χ0v) is 51.4. The van der Waals surface area contributed by atoms with Gasteiger partial charge in [0.05, 0.1) is 74.5 Å². The topological polar surface area (TPSA) is 157 Å². The third-order valence-corrected chi connectivity index (χ3v) is 18.3. The van der Waals surface area contributed by atoms with Crippen LogP contribution in [-0.2, 0) is 42.3 Å². The van der Waals surface area contributed by atoms with Crippen LogP contribution in [0, 0.1) is 12.7 Å². The average molecular weight is 1250 g/mol. The van der Waals surface area contributed by atoms with Gasteiger partial charge in [-0.3, -0.25) is 4.90 Å². The van der Waals surface area contributed by atoms with Crippen LogP contribution in [-0.4, -0.2) is 131 Å². The Labute approximate surface area is 514 Å². The molecule has 23 heteroatoms. The first kappa shape index (κ1) is 61.5. The van der Waals surface area contributed by atoms with Crippen molar-refractivity contribution in [2.24, 2.45) is 0 Å². The number of aryl methyl sites for hydroxylation is 1. The maximum Gasteiger partial charge on any atom is 0.418 e. The van der Waals surface area contributed by atoms with Gasteiger partial charge in [0.1, 0.15) is 59.2 Å². The Balaban J connectivity index is 1.09. The van der Waals surface area contributed by atoms with E-state index in [1.165, 1.54) is 23.6 Å². The number of piperazine rings is 1. The number of methoxy groups -OCH3 is 4. The van der Waals surface area contributed by atoms with Crippen LogP contribution in [0.2, 0.25) is 5.02 Å². The molecule has 3 atom stereocenters. The average Bonchev–Trinajstić information content (AvgIpc) is 1.12. The number of anilines is 3. The van der Waals surface area contributed by atoms with E-state index in [9.17, 15) is 8.42 Å². The SMILES string of the molecule is COc1ccc(C[C@H](c2cccnc2N(C)Cc2ccc(OC)cc2)N2CCOc3c(Cl)c(-c4nc(N(Cc5ccc(OC)cc5)Cc5ccc(OC)cc5)cc(C)c4C(F)(F)F)c(F)c4nc(OC[C@H]5CC[C@@H]6CN(S(C)(=O)=O)CCN56)nc2c34)cc1. The Morgan fingerprint density at radius 2 is 1.34 bits per heavy atom. The van der Waals surface area contributed by atoms with Gasteiger partial charge in [0.2, 0.25) is 10.0 Å². The van der Waals surface area contributed by atoms with Crippen LogP contribution in [0.15, 0.2) is 121 Å². The number of aromatic nitrogens is 4. The van der Waals surface area contributed by atoms with E-state index in [1.54, 1.807) is 58.9 Å². The van der Waals surface area contributed by atoms with Crippen LogP contribution in [0.5, 0.6) is 34.8 Å². The number of sulfonamides is 1. The lowest BCUT2D eigenvalue weighted by Crippen LogP contribution is -2.54. The number of hydrogen-bond acceptors (Lipinski definition) is 16. The smallest absolute Gasteiger partial charge is 0.418 e. The van der Waals surface area contributed by atoms with Crippen molar-refractivity contribution < 1.29 is 54.4 Å². The lowest BCUT2D eigenvalue weighted by molar-refractivity contribution is -0.137. The first-order valence-electron chi connectivity index (χ1n) is 28.8. The summed E-state index contributed by atoms with van der Waals surface area (Å²) in [5.41, 5.74) is 0.930. The van der Waals surface area contributed by atoms with Gasteiger partial charge in [-0.25, -0.2) is 22.8 Å². The van der Waals surface area contributed by atoms with Crippen molar-refractivity contribution in [1.82, 2.24) is 29.1 Å². The fraction of sp³-hybridized carbons (Fsp3) is 0.354. The van der Waals surface area contributed by atoms with Crippen LogP contribution in [0.4, 0.5) is 35.0 Å². The molecular weight excluding hydrogens is 1180 g/mol. The molecule has 0 unspecified atom stereocenters. The highest BCUT2D eigenvalue weighted by molar-refractivity contribution is 7.88. The van der Waals surface area contributed by atoms with Gasteiger partial charge in [-0.05, 0) is 115 Å². The van der Waals surface area contributed by atoms with Gasteiger partial charge in [0.25, 0.3) is 0 Å². The van der Waals surface area contributed by atoms with E-state index in [4.69, 9.17) is 60.0 Å². The summed E-state index contributed by atoms with van der Waals surface area (Å²) in [5, 5.41) is -0.456. The summed E-state index contributed by atoms with van der Waals surface area (Å²) < 4.78 is 129. The summed E-state index contributed by atoms with van der Waals surface area (Å²) in [6.07, 6.45) is -0.444. The Kier molecular flexibility index (Phi) is 18.1. The van der Waals surface area contributed by atoms with Gasteiger partial charge >= 0.3 is 12.2 Å². The Bertz CT molecular complexity index is 3860. The molecular formula is C65H68ClF4N9O8S. The molecule has 6 heterocycles. The van der Waals surface area contributed by atoms with Gasteiger partial charge < -0.3 is 43.1 Å². The molecule has 3 aliphatic heterocycles. The normalized spacial score (nSPS) is 16.6. The molecule has 0 bridgehead atoms. The van der Waals surface area contributed by atoms with E-state index < -0.39 is 55.4 Å². The van der Waals surface area contributed by atoms with Crippen LogP contribution in [0.25, 0.3) is 22.2 Å². The highest BCUT2D eigenvalue weighted by Gasteiger charge is 2.43. The summed E-state index contributed by atoms with van der Waals surface area (Å²) in [5.74, 6) is 2.12. The van der Waals surface area contributed by atoms with Crippen molar-refractivity contribution in [2.75, 3.05) is 95.8 Å². The first-order valence-corrected chi connectivity index (χ1v) is 31.0. The quantitative estimate of drug-likeness (QED) is 0.0625. The molecule has 11 rings (SSSR count). The molecule has 0 radical (unpaired) electrons. The number of fused-ring (bicyclic) bond motifs is 1. The van der Waals surface area contributed by atoms with Crippen LogP contribution in [0.3, 0.4) is 0 Å². The van der Waals surface area contributed by atoms with E-state index in [-0.39, 0.29) is 79.3 Å². The van der Waals surface area contributed by atoms with Gasteiger partial charge in [-0.15, -0.1) is 0 Å². The zero-order valence-electron chi connectivity index (χ0n) is 49.9. The molecule has 88 heavy (non-hydrogen) atoms. The number of alkyl halides is 3. The highest BCUT2D eigenvalue weighted by Crippen LogP contribution is 2.52. The molecule has 0 N–H and O–H groups in total. The summed E-state index contributed by atoms with van der Waals surface area (Å²) in [4.78, 5) is 27.7. The van der Waals surface area contributed by atoms with Gasteiger partial charge in [-0.2, -0.15) is 27.4 Å². The number of hydrogen-bond donors (Lipinski definition) is 0. The van der Waals surface area contributed by atoms with Gasteiger partial charge in [0.15, 0.2) is 11.6 Å². The number of halogens is 5. The predicted molar refractivity (Wildman–Crippen MR) is 330 cm³/mol. The molecule has 0 spiro atoms. The molecule has 5 aromatic carbocycles. The summed E-state index contributed by atoms with van der Waals surface area (Å²) in [6.45, 7) is 3.24. The lowest BCUT2D eigenvalue weighted by Gasteiger charge is -2.38. The summed E-state index contributed by atoms with van der Waals surface area (Å²) in [7, 11) is 4.83. The van der Waals surface area contributed by atoms with E-state index in [0.29, 0.717) is 74.3 Å². The van der Waals surface area contributed by atoms with Crippen molar-refractivity contribution in [2.45, 2.75) is 70.1 Å². The van der Waals surface area contributed by atoms with Crippen molar-refractivity contribution in [3.63, 3.8) is 0 Å². The van der Waals surface area contributed by atoms with E-state index >= 15 is 17.6 Å². The van der Waals surface area contributed by atoms with Crippen LogP contribution < -0.4 is 43.1 Å². The van der Waals surface area contributed by atoms with Crippen molar-refractivity contribution >= 4 is 50.0 Å². The van der Waals surface area contributed by atoms with Crippen LogP contribution >= 0.6 is 11.6 Å². The molecule has 17 nitrogen and oxygen atoms in total. The fourth-order valence-electron chi connectivity index (χ4n) is 12.2. The molecule has 8 aromatic rings. The molecule has 3 aliphatic rings. The molecule has 0 saturated carbocycles. The lowest BCUT2D eigenvalue weighted by atomic mass is 9.96. The van der Waals surface area contributed by atoms with E-state index in [2.05, 4.69) is 4.90 Å². The van der Waals surface area contributed by atoms with Crippen molar-refractivity contribution in [3.8, 4) is 46.0 Å².